The predicted octanol–water partition coefficient (Wildman–Crippen LogP) is 15.6. The fourth-order valence-electron chi connectivity index (χ4n) is 19.7. The molecule has 27 nitrogen and oxygen atoms in total. The van der Waals surface area contributed by atoms with Gasteiger partial charge in [0.2, 0.25) is 53.7 Å². The third kappa shape index (κ3) is 50.3. The fourth-order valence-corrected chi connectivity index (χ4v) is 19.7. The highest BCUT2D eigenvalue weighted by molar-refractivity contribution is 5.82. The van der Waals surface area contributed by atoms with Gasteiger partial charge in [0, 0.05) is 270 Å². The average molecular weight is 1940 g/mol. The van der Waals surface area contributed by atoms with E-state index in [0.717, 1.165) is 253 Å². The van der Waals surface area contributed by atoms with Crippen molar-refractivity contribution < 1.29 is 43.2 Å². The van der Waals surface area contributed by atoms with Crippen LogP contribution in [0.1, 0.15) is 389 Å². The normalized spacial score (nSPS) is 21.3. The van der Waals surface area contributed by atoms with Crippen LogP contribution in [0.5, 0.6) is 0 Å². The molecule has 0 spiro atoms. The average Bonchev–Trinajstić information content (AvgIpc) is 1.71. The van der Waals surface area contributed by atoms with Crippen molar-refractivity contribution in [1.29, 1.82) is 0 Å². The molecule has 0 aromatic rings. The Morgan fingerprint density at radius 2 is 0.526 bits per heavy atom. The van der Waals surface area contributed by atoms with Crippen molar-refractivity contribution in [2.24, 2.45) is 23.7 Å². The summed E-state index contributed by atoms with van der Waals surface area (Å²) in [7, 11) is 5.86. The second-order valence-corrected chi connectivity index (χ2v) is 50.6. The maximum atomic E-state index is 12.0. The Morgan fingerprint density at radius 3 is 0.774 bits per heavy atom. The van der Waals surface area contributed by atoms with Crippen LogP contribution < -0.4 is 31.9 Å². The molecule has 0 bridgehead atoms. The second kappa shape index (κ2) is 58.7. The van der Waals surface area contributed by atoms with Crippen LogP contribution in [-0.4, -0.2) is 357 Å². The zero-order chi connectivity index (χ0) is 104. The highest BCUT2D eigenvalue weighted by Crippen LogP contribution is 2.35. The van der Waals surface area contributed by atoms with E-state index < -0.39 is 0 Å². The summed E-state index contributed by atoms with van der Waals surface area (Å²) in [4.78, 5) is 129. The van der Waals surface area contributed by atoms with E-state index >= 15 is 0 Å². The molecule has 2 aliphatic carbocycles. The van der Waals surface area contributed by atoms with Gasteiger partial charge >= 0.3 is 0 Å². The number of rotatable bonds is 17. The van der Waals surface area contributed by atoms with Crippen molar-refractivity contribution >= 4 is 53.7 Å². The summed E-state index contributed by atoms with van der Waals surface area (Å²) in [5.74, 6) is 3.75. The summed E-state index contributed by atoms with van der Waals surface area (Å²) in [6, 6.07) is 2.98. The molecule has 6 N–H and O–H groups in total. The Bertz CT molecular complexity index is 3440. The summed E-state index contributed by atoms with van der Waals surface area (Å²) in [6.07, 6.45) is 27.3. The first-order valence-corrected chi connectivity index (χ1v) is 54.3. The number of amides is 9. The topological polar surface area (TPSA) is 265 Å². The van der Waals surface area contributed by atoms with Gasteiger partial charge in [-0.15, -0.1) is 0 Å². The molecule has 9 amide bonds. The quantitative estimate of drug-likeness (QED) is 0.0739. The Morgan fingerprint density at radius 1 is 0.277 bits per heavy atom. The summed E-state index contributed by atoms with van der Waals surface area (Å²) >= 11 is 0. The number of nitrogens with zero attached hydrogens (tertiary/aromatic N) is 12. The third-order valence-corrected chi connectivity index (χ3v) is 30.5. The van der Waals surface area contributed by atoms with Crippen LogP contribution in [0.3, 0.4) is 0 Å². The molecule has 0 atom stereocenters. The Labute approximate surface area is 839 Å². The molecule has 9 heterocycles. The number of carbonyl (C=O) groups excluding carboxylic acids is 9. The van der Waals surface area contributed by atoms with Gasteiger partial charge in [0.25, 0.3) is 0 Å². The van der Waals surface area contributed by atoms with E-state index in [9.17, 15) is 43.2 Å². The first-order valence-electron chi connectivity index (χ1n) is 54.3. The lowest BCUT2D eigenvalue weighted by Gasteiger charge is -2.43. The third-order valence-electron chi connectivity index (χ3n) is 30.5. The molecule has 0 aromatic carbocycles. The van der Waals surface area contributed by atoms with E-state index in [2.05, 4.69) is 263 Å². The van der Waals surface area contributed by atoms with Gasteiger partial charge in [-0.1, -0.05) is 20.8 Å². The maximum Gasteiger partial charge on any atom is 0.225 e. The van der Waals surface area contributed by atoms with Gasteiger partial charge < -0.3 is 46.6 Å². The SMILES string of the molecule is CC(=O)N(C)C1CCN(C(C)(C)C)CC1.CC(=O)NC1CCN(C(C)(C)C)CC1.CC(=O)NCC1CCN(C(C)(C)C)CC1.CC(C)(C)N1CCC(NC(=O)C2CC2)CC1.CC(C)(C)N1CCC(NC=O)CC1.CCC(=O)N(C)C1CCN(C(C)(C)C)CC1.CCC(=O)NC1CCN(C(C)(C)C)CC1.CCC(=O)NCC1CCN(C(C)(C)C)CC1.CN(C(=O)C1CC1)C1CCN(C(C)(C)C)CC1. The minimum absolute atomic E-state index is 0.0910. The van der Waals surface area contributed by atoms with Gasteiger partial charge in [0.05, 0.1) is 0 Å². The van der Waals surface area contributed by atoms with E-state index in [0.29, 0.717) is 103 Å². The molecule has 0 aromatic heterocycles. The second-order valence-electron chi connectivity index (χ2n) is 50.6. The van der Waals surface area contributed by atoms with Crippen molar-refractivity contribution in [2.75, 3.05) is 152 Å². The smallest absolute Gasteiger partial charge is 0.225 e. The number of hydrogen-bond donors (Lipinski definition) is 6. The number of hydrogen-bond acceptors (Lipinski definition) is 18. The van der Waals surface area contributed by atoms with Gasteiger partial charge in [-0.05, 0) is 366 Å². The largest absolute Gasteiger partial charge is 0.356 e. The molecule has 800 valence electrons. The molecular formula is C110H216N18O9. The van der Waals surface area contributed by atoms with Crippen LogP contribution >= 0.6 is 0 Å². The van der Waals surface area contributed by atoms with Gasteiger partial charge in [-0.25, -0.2) is 0 Å². The molecule has 137 heavy (non-hydrogen) atoms. The minimum Gasteiger partial charge on any atom is -0.356 e. The Balaban J connectivity index is 0.000000397. The van der Waals surface area contributed by atoms with E-state index in [4.69, 9.17) is 0 Å². The minimum atomic E-state index is 0.0910. The molecule has 11 rings (SSSR count). The highest BCUT2D eigenvalue weighted by atomic mass is 16.2. The molecule has 9 saturated heterocycles. The van der Waals surface area contributed by atoms with Crippen LogP contribution in [0.4, 0.5) is 0 Å². The van der Waals surface area contributed by atoms with Crippen molar-refractivity contribution in [3.8, 4) is 0 Å². The number of nitrogens with one attached hydrogen (secondary N) is 6. The standard InChI is InChI=1S/C14H26N2O.C13H24N2O.2C13H26N2O.3C12H24N2O.C11H22N2O.C10H20N2O/c1-14(2,3)16-9-7-12(8-10-16)15(4)13(17)11-5-6-11;1-13(2,3)15-8-6-11(7-9-15)14-12(16)10-4-5-10;1-6-12(16)14(5)11-7-9-15(10-8-11)13(2,3)4;1-5-12(16)14-10-11-6-8-15(9-7-11)13(2,3)4;1-10(15)13(5)11-6-8-14(9-7-11)12(2,3)4;1-10(15)13-9-11-5-7-14(8-6-11)12(2,3)4;1-5-11(15)13-10-6-8-14(9-7-10)12(2,3)4;1-9(14)12-10-5-7-13(8-6-10)11(2,3)4;1-10(2,3)12-6-4-9(5-7-12)11-8-13/h11-12H,5-10H2,1-4H3;10-11H,4-9H2,1-3H3,(H,14,16);11H,6-10H2,1-5H3;11H,5-10H2,1-4H3,(H,14,16);11H,6-9H2,1-5H3;11H,5-9H2,1-4H3,(H,13,15);10H,5-9H2,1-4H3,(H,13,15);10H,5-8H2,1-4H3,(H,12,14);8-9H,4-7H2,1-3H3,(H,11,13). The number of likely N-dealkylation sites (tertiary alicyclic amines) is 9. The molecule has 9 aliphatic heterocycles. The fraction of sp³-hybridized carbons (Fsp3) is 0.918. The van der Waals surface area contributed by atoms with Crippen LogP contribution in [0, 0.1) is 23.7 Å². The van der Waals surface area contributed by atoms with Crippen molar-refractivity contribution in [3.05, 3.63) is 0 Å². The Kier molecular flexibility index (Phi) is 54.0. The monoisotopic (exact) mass is 1930 g/mol. The Hall–Kier alpha value is -5.13. The van der Waals surface area contributed by atoms with Crippen molar-refractivity contribution in [2.45, 2.75) is 481 Å². The molecular weight excluding hydrogens is 1720 g/mol. The molecule has 0 radical (unpaired) electrons. The number of carbonyl (C=O) groups is 9. The van der Waals surface area contributed by atoms with E-state index in [1.807, 2.05) is 56.6 Å². The highest BCUT2D eigenvalue weighted by Gasteiger charge is 2.40. The van der Waals surface area contributed by atoms with Crippen molar-refractivity contribution in [3.63, 3.8) is 0 Å². The van der Waals surface area contributed by atoms with E-state index in [-0.39, 0.29) is 79.8 Å². The predicted molar refractivity (Wildman–Crippen MR) is 570 cm³/mol. The van der Waals surface area contributed by atoms with Gasteiger partial charge in [0.15, 0.2) is 0 Å². The summed E-state index contributed by atoms with van der Waals surface area (Å²) in [5.41, 5.74) is 2.44. The summed E-state index contributed by atoms with van der Waals surface area (Å²) < 4.78 is 0. The number of piperidine rings is 9. The molecule has 2 saturated carbocycles. The van der Waals surface area contributed by atoms with Crippen LogP contribution in [-0.2, 0) is 43.2 Å². The zero-order valence-electron chi connectivity index (χ0n) is 95.3. The maximum absolute atomic E-state index is 12.0. The lowest BCUT2D eigenvalue weighted by atomic mass is 9.93. The van der Waals surface area contributed by atoms with E-state index in [1.54, 1.807) is 20.8 Å². The summed E-state index contributed by atoms with van der Waals surface area (Å²) in [6.45, 7) is 93.3. The first kappa shape index (κ1) is 126. The molecule has 11 aliphatic rings. The molecule has 11 fully saturated rings. The van der Waals surface area contributed by atoms with Gasteiger partial charge in [-0.3, -0.25) is 87.3 Å². The first-order chi connectivity index (χ1) is 63.2. The van der Waals surface area contributed by atoms with Crippen LogP contribution in [0.15, 0.2) is 0 Å². The van der Waals surface area contributed by atoms with Gasteiger partial charge in [-0.2, -0.15) is 0 Å². The lowest BCUT2D eigenvalue weighted by Crippen LogP contribution is -2.51. The van der Waals surface area contributed by atoms with Crippen LogP contribution in [0.25, 0.3) is 0 Å². The lowest BCUT2D eigenvalue weighted by molar-refractivity contribution is -0.134. The van der Waals surface area contributed by atoms with E-state index in [1.165, 1.54) is 25.7 Å². The molecule has 27 heteroatoms. The van der Waals surface area contributed by atoms with Crippen molar-refractivity contribution in [1.82, 2.24) is 90.7 Å². The molecule has 0 unspecified atom stereocenters. The summed E-state index contributed by atoms with van der Waals surface area (Å²) in [5, 5.41) is 18.0. The zero-order valence-corrected chi connectivity index (χ0v) is 95.3. The van der Waals surface area contributed by atoms with Gasteiger partial charge in [0.1, 0.15) is 0 Å². The van der Waals surface area contributed by atoms with Crippen LogP contribution in [0.2, 0.25) is 0 Å².